The highest BCUT2D eigenvalue weighted by molar-refractivity contribution is 7.12. The maximum Gasteiger partial charge on any atom is 0.263 e. The first-order valence-corrected chi connectivity index (χ1v) is 12.9. The van der Waals surface area contributed by atoms with E-state index in [0.717, 1.165) is 22.4 Å². The summed E-state index contributed by atoms with van der Waals surface area (Å²) in [6.07, 6.45) is 2.14. The van der Waals surface area contributed by atoms with Gasteiger partial charge in [0.25, 0.3) is 5.91 Å². The van der Waals surface area contributed by atoms with Crippen molar-refractivity contribution in [3.63, 3.8) is 0 Å². The standard InChI is InChI=1S/C28H30N2O4S/c1-33-23-17-21-12-15-30(26(19-7-4-3-5-8-19)22(21)18-24(23)34-2)27(31)20-10-13-29(14-11-20)28(32)25-9-6-16-35-25/h3-9,16-18,20,26H,10-15H2,1-2H3. The number of methoxy groups -OCH3 is 2. The number of fused-ring (bicyclic) bond motifs is 1. The first kappa shape index (κ1) is 23.4. The Kier molecular flexibility index (Phi) is 6.77. The summed E-state index contributed by atoms with van der Waals surface area (Å²) in [4.78, 5) is 31.3. The second-order valence-corrected chi connectivity index (χ2v) is 9.99. The van der Waals surface area contributed by atoms with E-state index in [9.17, 15) is 9.59 Å². The van der Waals surface area contributed by atoms with Gasteiger partial charge in [0.15, 0.2) is 11.5 Å². The molecule has 2 aliphatic heterocycles. The smallest absolute Gasteiger partial charge is 0.263 e. The lowest BCUT2D eigenvalue weighted by Crippen LogP contribution is -2.47. The predicted molar refractivity (Wildman–Crippen MR) is 136 cm³/mol. The minimum Gasteiger partial charge on any atom is -0.493 e. The minimum atomic E-state index is -0.182. The van der Waals surface area contributed by atoms with Gasteiger partial charge in [-0.25, -0.2) is 0 Å². The van der Waals surface area contributed by atoms with E-state index in [1.807, 2.05) is 57.6 Å². The molecule has 0 spiro atoms. The molecule has 0 saturated carbocycles. The Morgan fingerprint density at radius 3 is 2.29 bits per heavy atom. The SMILES string of the molecule is COc1cc2c(cc1OC)C(c1ccccc1)N(C(=O)C1CCN(C(=O)c3cccs3)CC1)CC2. The lowest BCUT2D eigenvalue weighted by molar-refractivity contribution is -0.139. The van der Waals surface area contributed by atoms with Gasteiger partial charge in [0.1, 0.15) is 0 Å². The van der Waals surface area contributed by atoms with Crippen LogP contribution in [0.25, 0.3) is 0 Å². The average Bonchev–Trinajstić information content (AvgIpc) is 3.46. The Balaban J connectivity index is 1.40. The third-order valence-corrected chi connectivity index (χ3v) is 7.99. The zero-order chi connectivity index (χ0) is 24.4. The molecule has 2 aromatic carbocycles. The Morgan fingerprint density at radius 1 is 0.914 bits per heavy atom. The third-order valence-electron chi connectivity index (χ3n) is 7.14. The summed E-state index contributed by atoms with van der Waals surface area (Å²) in [6.45, 7) is 1.87. The van der Waals surface area contributed by atoms with E-state index >= 15 is 0 Å². The molecule has 1 saturated heterocycles. The van der Waals surface area contributed by atoms with Gasteiger partial charge in [-0.05, 0) is 59.5 Å². The molecule has 2 aliphatic rings. The van der Waals surface area contributed by atoms with Crippen LogP contribution in [0.4, 0.5) is 0 Å². The number of hydrogen-bond donors (Lipinski definition) is 0. The zero-order valence-corrected chi connectivity index (χ0v) is 20.9. The number of nitrogens with zero attached hydrogens (tertiary/aromatic N) is 2. The summed E-state index contributed by atoms with van der Waals surface area (Å²) in [6, 6.07) is 17.8. The highest BCUT2D eigenvalue weighted by Crippen LogP contribution is 2.42. The van der Waals surface area contributed by atoms with Gasteiger partial charge in [0.05, 0.1) is 25.1 Å². The Bertz CT molecular complexity index is 1190. The maximum atomic E-state index is 13.9. The Hall–Kier alpha value is -3.32. The highest BCUT2D eigenvalue weighted by Gasteiger charge is 2.37. The van der Waals surface area contributed by atoms with Gasteiger partial charge >= 0.3 is 0 Å². The number of rotatable bonds is 5. The number of carbonyl (C=O) groups is 2. The van der Waals surface area contributed by atoms with Gasteiger partial charge in [-0.1, -0.05) is 36.4 Å². The van der Waals surface area contributed by atoms with E-state index in [1.54, 1.807) is 14.2 Å². The van der Waals surface area contributed by atoms with Crippen molar-refractivity contribution in [1.29, 1.82) is 0 Å². The van der Waals surface area contributed by atoms with E-state index in [2.05, 4.69) is 12.1 Å². The van der Waals surface area contributed by atoms with Crippen LogP contribution in [-0.4, -0.2) is 55.5 Å². The molecule has 1 atom stereocenters. The molecule has 3 aromatic rings. The quantitative estimate of drug-likeness (QED) is 0.516. The van der Waals surface area contributed by atoms with Crippen LogP contribution in [0.1, 0.15) is 45.2 Å². The van der Waals surface area contributed by atoms with Gasteiger partial charge in [0, 0.05) is 25.6 Å². The number of piperidine rings is 1. The van der Waals surface area contributed by atoms with Crippen molar-refractivity contribution in [3.8, 4) is 11.5 Å². The number of amides is 2. The average molecular weight is 491 g/mol. The lowest BCUT2D eigenvalue weighted by atomic mass is 9.85. The summed E-state index contributed by atoms with van der Waals surface area (Å²) < 4.78 is 11.1. The van der Waals surface area contributed by atoms with Crippen molar-refractivity contribution in [2.75, 3.05) is 33.9 Å². The predicted octanol–water partition coefficient (Wildman–Crippen LogP) is 4.79. The van der Waals surface area contributed by atoms with Crippen molar-refractivity contribution in [2.24, 2.45) is 5.92 Å². The Labute approximate surface area is 210 Å². The van der Waals surface area contributed by atoms with Crippen LogP contribution in [-0.2, 0) is 11.2 Å². The highest BCUT2D eigenvalue weighted by atomic mass is 32.1. The van der Waals surface area contributed by atoms with E-state index in [-0.39, 0.29) is 23.8 Å². The minimum absolute atomic E-state index is 0.0704. The van der Waals surface area contributed by atoms with E-state index in [4.69, 9.17) is 9.47 Å². The normalized spacial score (nSPS) is 18.2. The van der Waals surface area contributed by atoms with Crippen LogP contribution >= 0.6 is 11.3 Å². The molecule has 0 radical (unpaired) electrons. The molecule has 0 N–H and O–H groups in total. The number of carbonyl (C=O) groups excluding carboxylic acids is 2. The summed E-state index contributed by atoms with van der Waals surface area (Å²) in [5.74, 6) is 1.53. The van der Waals surface area contributed by atoms with Crippen LogP contribution < -0.4 is 9.47 Å². The molecule has 3 heterocycles. The fourth-order valence-corrected chi connectivity index (χ4v) is 5.99. The monoisotopic (exact) mass is 490 g/mol. The van der Waals surface area contributed by atoms with Gasteiger partial charge in [-0.15, -0.1) is 11.3 Å². The second kappa shape index (κ2) is 10.1. The molecule has 182 valence electrons. The summed E-state index contributed by atoms with van der Waals surface area (Å²) >= 11 is 1.47. The zero-order valence-electron chi connectivity index (χ0n) is 20.1. The molecule has 7 heteroatoms. The molecule has 1 aromatic heterocycles. The molecule has 1 fully saturated rings. The number of ether oxygens (including phenoxy) is 2. The summed E-state index contributed by atoms with van der Waals surface area (Å²) in [5, 5.41) is 1.92. The van der Waals surface area contributed by atoms with Crippen molar-refractivity contribution < 1.29 is 19.1 Å². The van der Waals surface area contributed by atoms with Crippen LogP contribution in [0.15, 0.2) is 60.0 Å². The summed E-state index contributed by atoms with van der Waals surface area (Å²) in [5.41, 5.74) is 3.34. The molecule has 0 bridgehead atoms. The molecule has 6 nitrogen and oxygen atoms in total. The van der Waals surface area contributed by atoms with E-state index < -0.39 is 0 Å². The van der Waals surface area contributed by atoms with E-state index in [1.165, 1.54) is 16.9 Å². The van der Waals surface area contributed by atoms with Crippen LogP contribution in [0, 0.1) is 5.92 Å². The molecule has 5 rings (SSSR count). The lowest BCUT2D eigenvalue weighted by Gasteiger charge is -2.41. The number of hydrogen-bond acceptors (Lipinski definition) is 5. The fraction of sp³-hybridized carbons (Fsp3) is 0.357. The molecule has 1 unspecified atom stereocenters. The van der Waals surface area contributed by atoms with Crippen LogP contribution in [0.3, 0.4) is 0 Å². The largest absolute Gasteiger partial charge is 0.493 e. The maximum absolute atomic E-state index is 13.9. The summed E-state index contributed by atoms with van der Waals surface area (Å²) in [7, 11) is 3.28. The molecule has 2 amide bonds. The van der Waals surface area contributed by atoms with Gasteiger partial charge in [0.2, 0.25) is 5.91 Å². The van der Waals surface area contributed by atoms with Crippen LogP contribution in [0.2, 0.25) is 0 Å². The molecule has 35 heavy (non-hydrogen) atoms. The Morgan fingerprint density at radius 2 is 1.63 bits per heavy atom. The first-order valence-electron chi connectivity index (χ1n) is 12.0. The second-order valence-electron chi connectivity index (χ2n) is 9.04. The van der Waals surface area contributed by atoms with Gasteiger partial charge in [-0.3, -0.25) is 9.59 Å². The third kappa shape index (κ3) is 4.52. The first-order chi connectivity index (χ1) is 17.1. The van der Waals surface area contributed by atoms with Crippen molar-refractivity contribution in [2.45, 2.75) is 25.3 Å². The topological polar surface area (TPSA) is 59.1 Å². The molecular weight excluding hydrogens is 460 g/mol. The van der Waals surface area contributed by atoms with E-state index in [0.29, 0.717) is 44.0 Å². The van der Waals surface area contributed by atoms with Crippen molar-refractivity contribution in [3.05, 3.63) is 81.5 Å². The number of thiophene rings is 1. The molecular formula is C28H30N2O4S. The van der Waals surface area contributed by atoms with Gasteiger partial charge in [-0.2, -0.15) is 0 Å². The number of benzene rings is 2. The number of likely N-dealkylation sites (tertiary alicyclic amines) is 1. The van der Waals surface area contributed by atoms with Crippen molar-refractivity contribution >= 4 is 23.2 Å². The molecule has 0 aliphatic carbocycles. The van der Waals surface area contributed by atoms with Crippen molar-refractivity contribution in [1.82, 2.24) is 9.80 Å². The fourth-order valence-electron chi connectivity index (χ4n) is 5.30. The van der Waals surface area contributed by atoms with Crippen LogP contribution in [0.5, 0.6) is 11.5 Å². The van der Waals surface area contributed by atoms with Gasteiger partial charge < -0.3 is 19.3 Å².